The molecule has 0 aliphatic carbocycles. The van der Waals surface area contributed by atoms with Crippen molar-refractivity contribution in [1.29, 1.82) is 0 Å². The van der Waals surface area contributed by atoms with Gasteiger partial charge in [-0.15, -0.1) is 6.42 Å². The number of halogens is 1. The maximum atomic E-state index is 11.9. The van der Waals surface area contributed by atoms with Crippen molar-refractivity contribution >= 4 is 32.6 Å². The number of terminal acetylenes is 1. The van der Waals surface area contributed by atoms with Gasteiger partial charge in [0.2, 0.25) is 0 Å². The maximum Gasteiger partial charge on any atom is 0.252 e. The summed E-state index contributed by atoms with van der Waals surface area (Å²) in [6.45, 7) is 1.77. The molecule has 3 heteroatoms. The van der Waals surface area contributed by atoms with Gasteiger partial charge in [0.25, 0.3) is 5.91 Å². The zero-order valence-electron chi connectivity index (χ0n) is 9.91. The smallest absolute Gasteiger partial charge is 0.252 e. The molecule has 0 fully saturated rings. The van der Waals surface area contributed by atoms with E-state index < -0.39 is 0 Å². The Morgan fingerprint density at radius 2 is 1.94 bits per heavy atom. The molecule has 0 saturated heterocycles. The number of amides is 1. The molecule has 2 rings (SSSR count). The van der Waals surface area contributed by atoms with Crippen molar-refractivity contribution in [3.05, 3.63) is 46.4 Å². The lowest BCUT2D eigenvalue weighted by atomic mass is 10.1. The monoisotopic (exact) mass is 301 g/mol. The first-order chi connectivity index (χ1) is 8.60. The van der Waals surface area contributed by atoms with E-state index in [4.69, 9.17) is 6.42 Å². The van der Waals surface area contributed by atoms with Crippen LogP contribution in [0.1, 0.15) is 17.3 Å². The summed E-state index contributed by atoms with van der Waals surface area (Å²) in [7, 11) is 0. The third-order valence-corrected chi connectivity index (χ3v) is 3.16. The Labute approximate surface area is 115 Å². The van der Waals surface area contributed by atoms with Gasteiger partial charge in [-0.25, -0.2) is 0 Å². The highest BCUT2D eigenvalue weighted by Gasteiger charge is 2.08. The minimum Gasteiger partial charge on any atom is -0.339 e. The van der Waals surface area contributed by atoms with E-state index in [1.807, 2.05) is 30.3 Å². The zero-order chi connectivity index (χ0) is 13.1. The molecule has 1 atom stereocenters. The number of hydrogen-bond acceptors (Lipinski definition) is 1. The molecular formula is C15H12BrNO. The van der Waals surface area contributed by atoms with Crippen molar-refractivity contribution in [3.8, 4) is 12.3 Å². The van der Waals surface area contributed by atoms with E-state index in [0.717, 1.165) is 15.2 Å². The molecular weight excluding hydrogens is 290 g/mol. The molecule has 1 unspecified atom stereocenters. The SMILES string of the molecule is C#CC(C)NC(=O)c1ccc2cc(Br)ccc2c1. The largest absolute Gasteiger partial charge is 0.339 e. The van der Waals surface area contributed by atoms with Crippen LogP contribution in [0.3, 0.4) is 0 Å². The lowest BCUT2D eigenvalue weighted by Gasteiger charge is -2.08. The van der Waals surface area contributed by atoms with E-state index in [2.05, 4.69) is 27.2 Å². The molecule has 2 aromatic rings. The zero-order valence-corrected chi connectivity index (χ0v) is 11.5. The molecule has 0 aromatic heterocycles. The summed E-state index contributed by atoms with van der Waals surface area (Å²) >= 11 is 3.42. The summed E-state index contributed by atoms with van der Waals surface area (Å²) in [4.78, 5) is 11.9. The van der Waals surface area contributed by atoms with E-state index in [0.29, 0.717) is 5.56 Å². The molecule has 18 heavy (non-hydrogen) atoms. The van der Waals surface area contributed by atoms with E-state index in [9.17, 15) is 4.79 Å². The van der Waals surface area contributed by atoms with Crippen LogP contribution in [0.4, 0.5) is 0 Å². The average Bonchev–Trinajstić information content (AvgIpc) is 2.37. The number of fused-ring (bicyclic) bond motifs is 1. The number of hydrogen-bond donors (Lipinski definition) is 1. The first-order valence-corrected chi connectivity index (χ1v) is 6.36. The molecule has 0 heterocycles. The second-order valence-corrected chi connectivity index (χ2v) is 4.98. The standard InChI is InChI=1S/C15H12BrNO/c1-3-10(2)17-15(18)13-5-4-12-9-14(16)7-6-11(12)8-13/h1,4-10H,2H3,(H,17,18). The summed E-state index contributed by atoms with van der Waals surface area (Å²) < 4.78 is 1.02. The summed E-state index contributed by atoms with van der Waals surface area (Å²) in [5.74, 6) is 2.32. The summed E-state index contributed by atoms with van der Waals surface area (Å²) in [6, 6.07) is 11.3. The van der Waals surface area contributed by atoms with Crippen molar-refractivity contribution in [2.75, 3.05) is 0 Å². The van der Waals surface area contributed by atoms with Crippen LogP contribution in [0.25, 0.3) is 10.8 Å². The van der Waals surface area contributed by atoms with Crippen LogP contribution in [0.15, 0.2) is 40.9 Å². The third kappa shape index (κ3) is 2.72. The summed E-state index contributed by atoms with van der Waals surface area (Å²) in [5, 5.41) is 4.85. The van der Waals surface area contributed by atoms with Gasteiger partial charge in [-0.1, -0.05) is 34.0 Å². The van der Waals surface area contributed by atoms with Crippen LogP contribution in [-0.4, -0.2) is 11.9 Å². The Bertz CT molecular complexity index is 642. The second kappa shape index (κ2) is 5.24. The topological polar surface area (TPSA) is 29.1 Å². The highest BCUT2D eigenvalue weighted by Crippen LogP contribution is 2.20. The highest BCUT2D eigenvalue weighted by molar-refractivity contribution is 9.10. The minimum absolute atomic E-state index is 0.148. The fraction of sp³-hybridized carbons (Fsp3) is 0.133. The second-order valence-electron chi connectivity index (χ2n) is 4.07. The van der Waals surface area contributed by atoms with Gasteiger partial charge >= 0.3 is 0 Å². The van der Waals surface area contributed by atoms with Crippen molar-refractivity contribution < 1.29 is 4.79 Å². The third-order valence-electron chi connectivity index (χ3n) is 2.66. The van der Waals surface area contributed by atoms with Gasteiger partial charge in [-0.3, -0.25) is 4.79 Å². The van der Waals surface area contributed by atoms with Crippen molar-refractivity contribution in [3.63, 3.8) is 0 Å². The van der Waals surface area contributed by atoms with Gasteiger partial charge in [-0.05, 0) is 42.0 Å². The lowest BCUT2D eigenvalue weighted by Crippen LogP contribution is -2.31. The van der Waals surface area contributed by atoms with Crippen LogP contribution in [0, 0.1) is 12.3 Å². The average molecular weight is 302 g/mol. The van der Waals surface area contributed by atoms with E-state index in [1.165, 1.54) is 0 Å². The lowest BCUT2D eigenvalue weighted by molar-refractivity contribution is 0.0948. The van der Waals surface area contributed by atoms with Crippen molar-refractivity contribution in [2.24, 2.45) is 0 Å². The predicted octanol–water partition coefficient (Wildman–Crippen LogP) is 3.35. The summed E-state index contributed by atoms with van der Waals surface area (Å²) in [5.41, 5.74) is 0.618. The molecule has 90 valence electrons. The van der Waals surface area contributed by atoms with Gasteiger partial charge in [0.1, 0.15) is 0 Å². The molecule has 0 radical (unpaired) electrons. The first kappa shape index (κ1) is 12.7. The normalized spacial score (nSPS) is 11.8. The molecule has 0 aliphatic rings. The summed E-state index contributed by atoms with van der Waals surface area (Å²) in [6.07, 6.45) is 5.24. The van der Waals surface area contributed by atoms with E-state index in [1.54, 1.807) is 13.0 Å². The Balaban J connectivity index is 2.33. The van der Waals surface area contributed by atoms with Gasteiger partial charge in [0.15, 0.2) is 0 Å². The molecule has 2 nitrogen and oxygen atoms in total. The number of carbonyl (C=O) groups excluding carboxylic acids is 1. The van der Waals surface area contributed by atoms with E-state index >= 15 is 0 Å². The predicted molar refractivity (Wildman–Crippen MR) is 77.4 cm³/mol. The molecule has 0 aliphatic heterocycles. The number of carbonyl (C=O) groups is 1. The van der Waals surface area contributed by atoms with Crippen LogP contribution < -0.4 is 5.32 Å². The molecule has 1 N–H and O–H groups in total. The first-order valence-electron chi connectivity index (χ1n) is 5.56. The van der Waals surface area contributed by atoms with E-state index in [-0.39, 0.29) is 11.9 Å². The fourth-order valence-electron chi connectivity index (χ4n) is 1.68. The van der Waals surface area contributed by atoms with Crippen LogP contribution in [0.2, 0.25) is 0 Å². The van der Waals surface area contributed by atoms with Crippen LogP contribution in [-0.2, 0) is 0 Å². The van der Waals surface area contributed by atoms with Gasteiger partial charge in [0, 0.05) is 10.0 Å². The Hall–Kier alpha value is -1.79. The number of benzene rings is 2. The number of nitrogens with one attached hydrogen (secondary N) is 1. The fourth-order valence-corrected chi connectivity index (χ4v) is 2.06. The molecule has 2 aromatic carbocycles. The van der Waals surface area contributed by atoms with Crippen LogP contribution >= 0.6 is 15.9 Å². The van der Waals surface area contributed by atoms with Gasteiger partial charge in [0.05, 0.1) is 6.04 Å². The molecule has 0 bridgehead atoms. The highest BCUT2D eigenvalue weighted by atomic mass is 79.9. The van der Waals surface area contributed by atoms with Crippen LogP contribution in [0.5, 0.6) is 0 Å². The molecule has 0 saturated carbocycles. The van der Waals surface area contributed by atoms with Gasteiger partial charge < -0.3 is 5.32 Å². The van der Waals surface area contributed by atoms with Gasteiger partial charge in [-0.2, -0.15) is 0 Å². The Morgan fingerprint density at radius 3 is 2.67 bits per heavy atom. The Kier molecular flexibility index (Phi) is 3.69. The Morgan fingerprint density at radius 1 is 1.28 bits per heavy atom. The minimum atomic E-state index is -0.266. The van der Waals surface area contributed by atoms with Crippen molar-refractivity contribution in [2.45, 2.75) is 13.0 Å². The number of rotatable bonds is 2. The molecule has 1 amide bonds. The molecule has 0 spiro atoms. The van der Waals surface area contributed by atoms with Crippen molar-refractivity contribution in [1.82, 2.24) is 5.32 Å². The maximum absolute atomic E-state index is 11.9. The quantitative estimate of drug-likeness (QED) is 0.847.